The van der Waals surface area contributed by atoms with Gasteiger partial charge in [0.15, 0.2) is 6.29 Å². The molecule has 0 fully saturated rings. The number of nitrogens with zero attached hydrogens (tertiary/aromatic N) is 2. The topological polar surface area (TPSA) is 66.2 Å². The molecule has 0 spiro atoms. The Balaban J connectivity index is 2.60. The highest BCUT2D eigenvalue weighted by Gasteiger charge is 2.24. The summed E-state index contributed by atoms with van der Waals surface area (Å²) in [6.45, 7) is 10.5. The molecule has 0 saturated heterocycles. The molecule has 0 aromatic heterocycles. The van der Waals surface area contributed by atoms with Gasteiger partial charge in [0, 0.05) is 12.3 Å². The summed E-state index contributed by atoms with van der Waals surface area (Å²) in [5.41, 5.74) is 3.60. The number of rotatable bonds is 7. The normalized spacial score (nSPS) is 18.9. The molecule has 2 N–H and O–H groups in total. The molecule has 2 atom stereocenters. The van der Waals surface area contributed by atoms with E-state index in [1.807, 2.05) is 27.7 Å². The second kappa shape index (κ2) is 7.74. The van der Waals surface area contributed by atoms with Gasteiger partial charge in [0.2, 0.25) is 0 Å². The minimum atomic E-state index is -0.758. The van der Waals surface area contributed by atoms with Crippen molar-refractivity contribution in [2.75, 3.05) is 6.54 Å². The molecule has 0 saturated carbocycles. The lowest BCUT2D eigenvalue weighted by atomic mass is 9.92. The molecule has 0 amide bonds. The van der Waals surface area contributed by atoms with Crippen molar-refractivity contribution in [3.8, 4) is 0 Å². The number of aliphatic hydroxyl groups is 1. The first-order valence-electron chi connectivity index (χ1n) is 7.51. The van der Waals surface area contributed by atoms with Gasteiger partial charge in [0.05, 0.1) is 17.9 Å². The van der Waals surface area contributed by atoms with Crippen molar-refractivity contribution >= 4 is 11.5 Å². The number of unbranched alkanes of at least 4 members (excludes halogenated alkanes) is 1. The van der Waals surface area contributed by atoms with Crippen LogP contribution in [0.5, 0.6) is 0 Å². The Bertz CT molecular complexity index is 359. The third kappa shape index (κ3) is 6.48. The summed E-state index contributed by atoms with van der Waals surface area (Å²) >= 11 is 0. The molecule has 0 bridgehead atoms. The molecule has 0 aromatic carbocycles. The number of aliphatic imine (C=N–C) groups is 1. The van der Waals surface area contributed by atoms with Crippen molar-refractivity contribution in [2.45, 2.75) is 72.2 Å². The van der Waals surface area contributed by atoms with Crippen LogP contribution in [0.1, 0.15) is 60.3 Å². The van der Waals surface area contributed by atoms with E-state index in [0.29, 0.717) is 13.0 Å². The maximum Gasteiger partial charge on any atom is 0.155 e. The van der Waals surface area contributed by atoms with Gasteiger partial charge in [-0.2, -0.15) is 5.10 Å². The molecule has 2 unspecified atom stereocenters. The molecule has 1 aliphatic rings. The van der Waals surface area contributed by atoms with Crippen molar-refractivity contribution in [3.63, 3.8) is 0 Å². The fourth-order valence-electron chi connectivity index (χ4n) is 2.21. The van der Waals surface area contributed by atoms with Crippen molar-refractivity contribution in [1.82, 2.24) is 5.43 Å². The number of hydrogen-bond acceptors (Lipinski definition) is 5. The summed E-state index contributed by atoms with van der Waals surface area (Å²) in [4.78, 5) is 4.37. The van der Waals surface area contributed by atoms with Crippen LogP contribution in [0.2, 0.25) is 0 Å². The van der Waals surface area contributed by atoms with Crippen molar-refractivity contribution in [2.24, 2.45) is 16.0 Å². The Kier molecular flexibility index (Phi) is 6.62. The average Bonchev–Trinajstić information content (AvgIpc) is 2.33. The first-order chi connectivity index (χ1) is 9.31. The van der Waals surface area contributed by atoms with Gasteiger partial charge >= 0.3 is 0 Å². The van der Waals surface area contributed by atoms with E-state index in [1.165, 1.54) is 0 Å². The van der Waals surface area contributed by atoms with Crippen molar-refractivity contribution in [3.05, 3.63) is 0 Å². The van der Waals surface area contributed by atoms with Crippen LogP contribution in [0.4, 0.5) is 0 Å². The number of hydrazone groups is 1. The Labute approximate surface area is 122 Å². The molecule has 116 valence electrons. The van der Waals surface area contributed by atoms with Crippen molar-refractivity contribution in [1.29, 1.82) is 0 Å². The summed E-state index contributed by atoms with van der Waals surface area (Å²) in [5, 5.41) is 14.5. The first kappa shape index (κ1) is 17.1. The summed E-state index contributed by atoms with van der Waals surface area (Å²) < 4.78 is 5.60. The maximum atomic E-state index is 10.1. The highest BCUT2D eigenvalue weighted by Crippen LogP contribution is 2.21. The molecule has 20 heavy (non-hydrogen) atoms. The van der Waals surface area contributed by atoms with E-state index >= 15 is 0 Å². The molecule has 1 rings (SSSR count). The third-order valence-electron chi connectivity index (χ3n) is 3.19. The van der Waals surface area contributed by atoms with Crippen molar-refractivity contribution < 1.29 is 9.84 Å². The summed E-state index contributed by atoms with van der Waals surface area (Å²) in [5.74, 6) is 1.06. The predicted molar refractivity (Wildman–Crippen MR) is 83.0 cm³/mol. The van der Waals surface area contributed by atoms with Crippen LogP contribution in [0, 0.1) is 5.92 Å². The lowest BCUT2D eigenvalue weighted by molar-refractivity contribution is -0.171. The van der Waals surface area contributed by atoms with E-state index in [4.69, 9.17) is 4.74 Å². The maximum absolute atomic E-state index is 10.1. The van der Waals surface area contributed by atoms with Crippen LogP contribution in [0.15, 0.2) is 10.1 Å². The standard InChI is InChI=1S/C15H29N3O2/c1-6-7-8-12(9-14(19)20-15(3,4)5)13-10-16-11(2)17-18-13/h12,14,19H,6-10H2,1-5H3,(H,16,17). The van der Waals surface area contributed by atoms with E-state index < -0.39 is 6.29 Å². The summed E-state index contributed by atoms with van der Waals surface area (Å²) in [6.07, 6.45) is 3.08. The Morgan fingerprint density at radius 1 is 1.40 bits per heavy atom. The van der Waals surface area contributed by atoms with Gasteiger partial charge in [0.1, 0.15) is 5.84 Å². The SMILES string of the molecule is CCCCC(CC(O)OC(C)(C)C)C1=NNC(C)=NC1. The van der Waals surface area contributed by atoms with Crippen LogP contribution in [-0.4, -0.2) is 35.1 Å². The zero-order valence-corrected chi connectivity index (χ0v) is 13.4. The smallest absolute Gasteiger partial charge is 0.155 e. The van der Waals surface area contributed by atoms with Crippen LogP contribution in [0.25, 0.3) is 0 Å². The quantitative estimate of drug-likeness (QED) is 0.706. The number of ether oxygens (including phenoxy) is 1. The summed E-state index contributed by atoms with van der Waals surface area (Å²) in [6, 6.07) is 0. The van der Waals surface area contributed by atoms with Crippen LogP contribution < -0.4 is 5.43 Å². The third-order valence-corrected chi connectivity index (χ3v) is 3.19. The summed E-state index contributed by atoms with van der Waals surface area (Å²) in [7, 11) is 0. The Morgan fingerprint density at radius 3 is 2.60 bits per heavy atom. The molecule has 1 aliphatic heterocycles. The molecule has 0 radical (unpaired) electrons. The minimum absolute atomic E-state index is 0.219. The van der Waals surface area contributed by atoms with Gasteiger partial charge in [-0.3, -0.25) is 10.4 Å². The first-order valence-corrected chi connectivity index (χ1v) is 7.51. The van der Waals surface area contributed by atoms with E-state index in [2.05, 4.69) is 22.4 Å². The molecule has 5 heteroatoms. The molecular weight excluding hydrogens is 254 g/mol. The zero-order valence-electron chi connectivity index (χ0n) is 13.4. The average molecular weight is 283 g/mol. The molecule has 5 nitrogen and oxygen atoms in total. The highest BCUT2D eigenvalue weighted by atomic mass is 16.6. The highest BCUT2D eigenvalue weighted by molar-refractivity contribution is 5.94. The predicted octanol–water partition coefficient (Wildman–Crippen LogP) is 2.69. The van der Waals surface area contributed by atoms with Gasteiger partial charge < -0.3 is 9.84 Å². The van der Waals surface area contributed by atoms with Gasteiger partial charge in [-0.25, -0.2) is 0 Å². The number of nitrogens with one attached hydrogen (secondary N) is 1. The minimum Gasteiger partial charge on any atom is -0.368 e. The van der Waals surface area contributed by atoms with Gasteiger partial charge in [0.25, 0.3) is 0 Å². The van der Waals surface area contributed by atoms with Crippen LogP contribution in [0.3, 0.4) is 0 Å². The fourth-order valence-corrected chi connectivity index (χ4v) is 2.21. The van der Waals surface area contributed by atoms with Crippen LogP contribution in [-0.2, 0) is 4.74 Å². The Hall–Kier alpha value is -0.940. The number of aliphatic hydroxyl groups excluding tert-OH is 1. The lowest BCUT2D eigenvalue weighted by Gasteiger charge is -2.28. The van der Waals surface area contributed by atoms with E-state index in [1.54, 1.807) is 0 Å². The van der Waals surface area contributed by atoms with Crippen LogP contribution >= 0.6 is 0 Å². The zero-order chi connectivity index (χ0) is 15.2. The van der Waals surface area contributed by atoms with Gasteiger partial charge in [-0.1, -0.05) is 19.8 Å². The second-order valence-corrected chi connectivity index (χ2v) is 6.38. The number of hydrogen-bond donors (Lipinski definition) is 2. The van der Waals surface area contributed by atoms with E-state index in [-0.39, 0.29) is 11.5 Å². The lowest BCUT2D eigenvalue weighted by Crippen LogP contribution is -2.34. The molecular formula is C15H29N3O2. The van der Waals surface area contributed by atoms with E-state index in [0.717, 1.165) is 30.8 Å². The molecule has 0 aliphatic carbocycles. The second-order valence-electron chi connectivity index (χ2n) is 6.38. The van der Waals surface area contributed by atoms with Gasteiger partial charge in [-0.15, -0.1) is 0 Å². The van der Waals surface area contributed by atoms with E-state index in [9.17, 15) is 5.11 Å². The monoisotopic (exact) mass is 283 g/mol. The Morgan fingerprint density at radius 2 is 2.10 bits per heavy atom. The number of amidine groups is 1. The van der Waals surface area contributed by atoms with Gasteiger partial charge in [-0.05, 0) is 34.1 Å². The largest absolute Gasteiger partial charge is 0.368 e. The molecule has 0 aromatic rings. The molecule has 1 heterocycles. The fraction of sp³-hybridized carbons (Fsp3) is 0.867.